The first-order valence-corrected chi connectivity index (χ1v) is 7.40. The van der Waals surface area contributed by atoms with Crippen LogP contribution in [0.25, 0.3) is 10.9 Å². The van der Waals surface area contributed by atoms with E-state index in [4.69, 9.17) is 9.84 Å². The maximum absolute atomic E-state index is 9.14. The van der Waals surface area contributed by atoms with Crippen LogP contribution in [0.2, 0.25) is 0 Å². The Hall–Kier alpha value is -1.91. The Balaban J connectivity index is 2.04. The molecule has 0 bridgehead atoms. The molecule has 3 aromatic rings. The van der Waals surface area contributed by atoms with Gasteiger partial charge in [0.15, 0.2) is 5.75 Å². The van der Waals surface area contributed by atoms with E-state index in [-0.39, 0.29) is 6.61 Å². The second-order valence-corrected chi connectivity index (χ2v) is 5.66. The molecule has 0 unspecified atom stereocenters. The molecule has 4 heteroatoms. The highest BCUT2D eigenvalue weighted by molar-refractivity contribution is 9.10. The van der Waals surface area contributed by atoms with Gasteiger partial charge in [-0.1, -0.05) is 24.3 Å². The van der Waals surface area contributed by atoms with Gasteiger partial charge >= 0.3 is 0 Å². The topological polar surface area (TPSA) is 42.4 Å². The van der Waals surface area contributed by atoms with Gasteiger partial charge in [0, 0.05) is 11.1 Å². The minimum atomic E-state index is 0.00784. The summed E-state index contributed by atoms with van der Waals surface area (Å²) in [5, 5.41) is 10.2. The first kappa shape index (κ1) is 14.0. The number of nitrogens with zero attached hydrogens (tertiary/aromatic N) is 1. The zero-order valence-corrected chi connectivity index (χ0v) is 13.1. The van der Waals surface area contributed by atoms with Crippen molar-refractivity contribution >= 4 is 26.8 Å². The molecule has 3 nitrogen and oxygen atoms in total. The monoisotopic (exact) mass is 343 g/mol. The van der Waals surface area contributed by atoms with Crippen LogP contribution in [0.1, 0.15) is 11.3 Å². The summed E-state index contributed by atoms with van der Waals surface area (Å²) in [6, 6.07) is 15.4. The van der Waals surface area contributed by atoms with Crippen LogP contribution < -0.4 is 4.74 Å². The number of hydrogen-bond donors (Lipinski definition) is 1. The highest BCUT2D eigenvalue weighted by Crippen LogP contribution is 2.33. The molecule has 0 aliphatic heterocycles. The van der Waals surface area contributed by atoms with Gasteiger partial charge in [0.1, 0.15) is 11.3 Å². The van der Waals surface area contributed by atoms with Gasteiger partial charge in [-0.05, 0) is 52.7 Å². The Morgan fingerprint density at radius 1 is 1.10 bits per heavy atom. The molecular formula is C17H14BrNO2. The van der Waals surface area contributed by atoms with Crippen LogP contribution in [-0.4, -0.2) is 10.1 Å². The zero-order valence-electron chi connectivity index (χ0n) is 11.5. The minimum Gasteiger partial charge on any atom is -0.454 e. The van der Waals surface area contributed by atoms with Crippen molar-refractivity contribution in [3.63, 3.8) is 0 Å². The van der Waals surface area contributed by atoms with Crippen LogP contribution >= 0.6 is 15.9 Å². The number of aryl methyl sites for hydroxylation is 1. The number of fused-ring (bicyclic) bond motifs is 1. The van der Waals surface area contributed by atoms with E-state index in [1.807, 2.05) is 55.5 Å². The van der Waals surface area contributed by atoms with Gasteiger partial charge in [-0.3, -0.25) is 0 Å². The molecule has 0 amide bonds. The molecule has 1 N–H and O–H groups in total. The number of ether oxygens (including phenoxy) is 1. The maximum atomic E-state index is 9.14. The van der Waals surface area contributed by atoms with Gasteiger partial charge < -0.3 is 9.84 Å². The molecule has 21 heavy (non-hydrogen) atoms. The van der Waals surface area contributed by atoms with Crippen LogP contribution in [-0.2, 0) is 6.61 Å². The third-order valence-electron chi connectivity index (χ3n) is 3.22. The van der Waals surface area contributed by atoms with Crippen LogP contribution in [0.15, 0.2) is 53.0 Å². The lowest BCUT2D eigenvalue weighted by Crippen LogP contribution is -1.91. The molecule has 0 saturated carbocycles. The Kier molecular flexibility index (Phi) is 3.90. The normalized spacial score (nSPS) is 10.8. The van der Waals surface area contributed by atoms with Crippen LogP contribution in [0.5, 0.6) is 11.5 Å². The van der Waals surface area contributed by atoms with Gasteiger partial charge in [0.05, 0.1) is 11.1 Å². The number of hydrogen-bond acceptors (Lipinski definition) is 3. The largest absolute Gasteiger partial charge is 0.454 e. The van der Waals surface area contributed by atoms with Gasteiger partial charge in [-0.25, -0.2) is 4.98 Å². The molecule has 3 rings (SSSR count). The lowest BCUT2D eigenvalue weighted by atomic mass is 10.2. The number of aliphatic hydroxyl groups is 1. The summed E-state index contributed by atoms with van der Waals surface area (Å²) in [7, 11) is 0. The van der Waals surface area contributed by atoms with Gasteiger partial charge in [-0.15, -0.1) is 0 Å². The van der Waals surface area contributed by atoms with Gasteiger partial charge in [0.2, 0.25) is 0 Å². The van der Waals surface area contributed by atoms with E-state index in [9.17, 15) is 0 Å². The third kappa shape index (κ3) is 2.91. The van der Waals surface area contributed by atoms with Crippen molar-refractivity contribution < 1.29 is 9.84 Å². The molecule has 1 heterocycles. The van der Waals surface area contributed by atoms with Gasteiger partial charge in [-0.2, -0.15) is 0 Å². The van der Waals surface area contributed by atoms with E-state index in [1.165, 1.54) is 0 Å². The second-order valence-electron chi connectivity index (χ2n) is 4.81. The van der Waals surface area contributed by atoms with E-state index in [0.717, 1.165) is 26.6 Å². The van der Waals surface area contributed by atoms with Crippen molar-refractivity contribution in [3.8, 4) is 11.5 Å². The zero-order chi connectivity index (χ0) is 14.8. The Morgan fingerprint density at radius 2 is 1.95 bits per heavy atom. The average Bonchev–Trinajstić information content (AvgIpc) is 2.49. The van der Waals surface area contributed by atoms with Crippen molar-refractivity contribution in [1.29, 1.82) is 0 Å². The molecule has 0 radical (unpaired) electrons. The van der Waals surface area contributed by atoms with Gasteiger partial charge in [0.25, 0.3) is 0 Å². The highest BCUT2D eigenvalue weighted by atomic mass is 79.9. The molecule has 1 aromatic heterocycles. The van der Waals surface area contributed by atoms with E-state index in [2.05, 4.69) is 20.9 Å². The summed E-state index contributed by atoms with van der Waals surface area (Å²) >= 11 is 3.47. The standard InChI is InChI=1S/C17H14BrNO2/c1-11-5-7-13-3-2-4-16(17(13)19-11)21-15-8-6-12(10-20)9-14(15)18/h2-9,20H,10H2,1H3. The molecule has 0 saturated heterocycles. The summed E-state index contributed by atoms with van der Waals surface area (Å²) in [4.78, 5) is 4.55. The fourth-order valence-electron chi connectivity index (χ4n) is 2.14. The summed E-state index contributed by atoms with van der Waals surface area (Å²) in [6.07, 6.45) is 0. The van der Waals surface area contributed by atoms with Crippen molar-refractivity contribution in [2.45, 2.75) is 13.5 Å². The van der Waals surface area contributed by atoms with Crippen LogP contribution in [0.3, 0.4) is 0 Å². The van der Waals surface area contributed by atoms with Crippen molar-refractivity contribution in [3.05, 3.63) is 64.3 Å². The van der Waals surface area contributed by atoms with E-state index >= 15 is 0 Å². The third-order valence-corrected chi connectivity index (χ3v) is 3.84. The van der Waals surface area contributed by atoms with Crippen molar-refractivity contribution in [2.24, 2.45) is 0 Å². The second kappa shape index (κ2) is 5.84. The summed E-state index contributed by atoms with van der Waals surface area (Å²) in [5.74, 6) is 1.41. The first-order chi connectivity index (χ1) is 10.2. The number of pyridine rings is 1. The highest BCUT2D eigenvalue weighted by Gasteiger charge is 2.08. The molecular weight excluding hydrogens is 330 g/mol. The summed E-state index contributed by atoms with van der Waals surface area (Å²) in [6.45, 7) is 1.97. The fourth-order valence-corrected chi connectivity index (χ4v) is 2.65. The molecule has 106 valence electrons. The SMILES string of the molecule is Cc1ccc2cccc(Oc3ccc(CO)cc3Br)c2n1. The molecule has 0 spiro atoms. The number of halogens is 1. The summed E-state index contributed by atoms with van der Waals surface area (Å²) < 4.78 is 6.79. The first-order valence-electron chi connectivity index (χ1n) is 6.61. The van der Waals surface area contributed by atoms with E-state index in [0.29, 0.717) is 11.5 Å². The lowest BCUT2D eigenvalue weighted by molar-refractivity contribution is 0.281. The number of para-hydroxylation sites is 1. The quantitative estimate of drug-likeness (QED) is 0.756. The van der Waals surface area contributed by atoms with Crippen molar-refractivity contribution in [2.75, 3.05) is 0 Å². The predicted molar refractivity (Wildman–Crippen MR) is 86.6 cm³/mol. The Morgan fingerprint density at radius 3 is 2.71 bits per heavy atom. The fraction of sp³-hybridized carbons (Fsp3) is 0.118. The van der Waals surface area contributed by atoms with Crippen LogP contribution in [0.4, 0.5) is 0 Å². The Labute approximate surface area is 131 Å². The molecule has 0 aliphatic carbocycles. The minimum absolute atomic E-state index is 0.00784. The number of aromatic nitrogens is 1. The molecule has 0 aliphatic rings. The molecule has 0 fully saturated rings. The molecule has 2 aromatic carbocycles. The molecule has 0 atom stereocenters. The number of rotatable bonds is 3. The predicted octanol–water partition coefficient (Wildman–Crippen LogP) is 4.59. The van der Waals surface area contributed by atoms with Crippen LogP contribution in [0, 0.1) is 6.92 Å². The number of aliphatic hydroxyl groups excluding tert-OH is 1. The summed E-state index contributed by atoms with van der Waals surface area (Å²) in [5.41, 5.74) is 2.63. The maximum Gasteiger partial charge on any atom is 0.153 e. The lowest BCUT2D eigenvalue weighted by Gasteiger charge is -2.11. The number of benzene rings is 2. The smallest absolute Gasteiger partial charge is 0.153 e. The average molecular weight is 344 g/mol. The Bertz CT molecular complexity index is 802. The van der Waals surface area contributed by atoms with E-state index < -0.39 is 0 Å². The van der Waals surface area contributed by atoms with E-state index in [1.54, 1.807) is 0 Å². The van der Waals surface area contributed by atoms with Crippen molar-refractivity contribution in [1.82, 2.24) is 4.98 Å².